The van der Waals surface area contributed by atoms with Crippen molar-refractivity contribution in [3.8, 4) is 6.07 Å². The number of para-hydroxylation sites is 1. The van der Waals surface area contributed by atoms with Crippen LogP contribution in [0.4, 0.5) is 11.4 Å². The van der Waals surface area contributed by atoms with Gasteiger partial charge in [0.05, 0.1) is 24.1 Å². The molecular weight excluding hydrogens is 362 g/mol. The lowest BCUT2D eigenvalue weighted by atomic mass is 10.3. The highest BCUT2D eigenvalue weighted by atomic mass is 79.9. The lowest BCUT2D eigenvalue weighted by Gasteiger charge is -2.11. The highest BCUT2D eigenvalue weighted by Crippen LogP contribution is 2.26. The van der Waals surface area contributed by atoms with Gasteiger partial charge in [0.2, 0.25) is 5.91 Å². The molecule has 4 nitrogen and oxygen atoms in total. The Balaban J connectivity index is 1.92. The molecular formula is C16H14BrN3OS. The SMILES string of the molecule is N#CCSc1ccccc1NC(=O)CNc1ccc(Br)cc1. The summed E-state index contributed by atoms with van der Waals surface area (Å²) in [6.45, 7) is 0.179. The number of benzene rings is 2. The Bertz CT molecular complexity index is 683. The zero-order valence-electron chi connectivity index (χ0n) is 11.7. The Labute approximate surface area is 142 Å². The van der Waals surface area contributed by atoms with Crippen LogP contribution >= 0.6 is 27.7 Å². The summed E-state index contributed by atoms with van der Waals surface area (Å²) < 4.78 is 0.992. The Kier molecular flexibility index (Phi) is 6.31. The highest BCUT2D eigenvalue weighted by molar-refractivity contribution is 9.10. The summed E-state index contributed by atoms with van der Waals surface area (Å²) in [7, 11) is 0. The number of nitrogens with zero attached hydrogens (tertiary/aromatic N) is 1. The molecule has 0 fully saturated rings. The molecule has 2 aromatic rings. The first kappa shape index (κ1) is 16.4. The van der Waals surface area contributed by atoms with Crippen LogP contribution in [0.1, 0.15) is 0 Å². The molecule has 22 heavy (non-hydrogen) atoms. The number of anilines is 2. The Morgan fingerprint density at radius 1 is 1.18 bits per heavy atom. The summed E-state index contributed by atoms with van der Waals surface area (Å²) in [5.41, 5.74) is 1.61. The van der Waals surface area contributed by atoms with Crippen LogP contribution in [0.5, 0.6) is 0 Å². The molecule has 6 heteroatoms. The van der Waals surface area contributed by atoms with E-state index in [4.69, 9.17) is 5.26 Å². The predicted molar refractivity (Wildman–Crippen MR) is 94.0 cm³/mol. The van der Waals surface area contributed by atoms with Gasteiger partial charge in [-0.1, -0.05) is 28.1 Å². The predicted octanol–water partition coefficient (Wildman–Crippen LogP) is 4.12. The molecule has 1 amide bonds. The van der Waals surface area contributed by atoms with Gasteiger partial charge in [0.1, 0.15) is 0 Å². The number of carbonyl (C=O) groups is 1. The fourth-order valence-corrected chi connectivity index (χ4v) is 2.68. The Morgan fingerprint density at radius 3 is 2.64 bits per heavy atom. The molecule has 112 valence electrons. The third-order valence-corrected chi connectivity index (χ3v) is 4.22. The summed E-state index contributed by atoms with van der Waals surface area (Å²) in [6.07, 6.45) is 0. The second kappa shape index (κ2) is 8.47. The van der Waals surface area contributed by atoms with E-state index < -0.39 is 0 Å². The van der Waals surface area contributed by atoms with Crippen molar-refractivity contribution < 1.29 is 4.79 Å². The van der Waals surface area contributed by atoms with Crippen LogP contribution in [0.15, 0.2) is 57.9 Å². The molecule has 2 aromatic carbocycles. The van der Waals surface area contributed by atoms with Crippen molar-refractivity contribution in [2.24, 2.45) is 0 Å². The monoisotopic (exact) mass is 375 g/mol. The fraction of sp³-hybridized carbons (Fsp3) is 0.125. The number of nitriles is 1. The third-order valence-electron chi connectivity index (χ3n) is 2.75. The molecule has 0 saturated heterocycles. The van der Waals surface area contributed by atoms with Gasteiger partial charge in [-0.3, -0.25) is 4.79 Å². The maximum atomic E-state index is 12.0. The van der Waals surface area contributed by atoms with E-state index in [9.17, 15) is 4.79 Å². The van der Waals surface area contributed by atoms with Gasteiger partial charge in [0.15, 0.2) is 0 Å². The van der Waals surface area contributed by atoms with Crippen molar-refractivity contribution in [3.63, 3.8) is 0 Å². The van der Waals surface area contributed by atoms with Gasteiger partial charge < -0.3 is 10.6 Å². The van der Waals surface area contributed by atoms with Crippen LogP contribution in [0.3, 0.4) is 0 Å². The average molecular weight is 376 g/mol. The van der Waals surface area contributed by atoms with E-state index in [2.05, 4.69) is 32.6 Å². The summed E-state index contributed by atoms with van der Waals surface area (Å²) in [6, 6.07) is 17.2. The Hall–Kier alpha value is -1.97. The summed E-state index contributed by atoms with van der Waals surface area (Å²) in [4.78, 5) is 12.9. The van der Waals surface area contributed by atoms with Crippen LogP contribution in [-0.4, -0.2) is 18.2 Å². The molecule has 0 unspecified atom stereocenters. The number of amides is 1. The minimum Gasteiger partial charge on any atom is -0.376 e. The molecule has 2 N–H and O–H groups in total. The van der Waals surface area contributed by atoms with E-state index in [1.165, 1.54) is 11.8 Å². The third kappa shape index (κ3) is 5.10. The summed E-state index contributed by atoms with van der Waals surface area (Å²) in [5, 5.41) is 14.6. The zero-order valence-corrected chi connectivity index (χ0v) is 14.1. The van der Waals surface area contributed by atoms with Crippen molar-refractivity contribution in [1.82, 2.24) is 0 Å². The van der Waals surface area contributed by atoms with Crippen molar-refractivity contribution in [3.05, 3.63) is 53.0 Å². The average Bonchev–Trinajstić information content (AvgIpc) is 2.53. The van der Waals surface area contributed by atoms with E-state index in [1.807, 2.05) is 48.5 Å². The minimum atomic E-state index is -0.132. The zero-order chi connectivity index (χ0) is 15.8. The number of halogens is 1. The Morgan fingerprint density at radius 2 is 1.91 bits per heavy atom. The number of hydrogen-bond donors (Lipinski definition) is 2. The molecule has 0 bridgehead atoms. The number of carbonyl (C=O) groups excluding carboxylic acids is 1. The maximum Gasteiger partial charge on any atom is 0.243 e. The van der Waals surface area contributed by atoms with Crippen molar-refractivity contribution >= 4 is 45.0 Å². The van der Waals surface area contributed by atoms with Crippen LogP contribution < -0.4 is 10.6 Å². The second-order valence-electron chi connectivity index (χ2n) is 4.35. The summed E-state index contributed by atoms with van der Waals surface area (Å²) in [5.74, 6) is 0.220. The van der Waals surface area contributed by atoms with Gasteiger partial charge in [-0.25, -0.2) is 0 Å². The number of hydrogen-bond acceptors (Lipinski definition) is 4. The van der Waals surface area contributed by atoms with E-state index in [0.29, 0.717) is 5.75 Å². The standard InChI is InChI=1S/C16H14BrN3OS/c17-12-5-7-13(8-6-12)19-11-16(21)20-14-3-1-2-4-15(14)22-10-9-18/h1-8,19H,10-11H2,(H,20,21). The molecule has 0 heterocycles. The van der Waals surface area contributed by atoms with E-state index >= 15 is 0 Å². The van der Waals surface area contributed by atoms with Crippen LogP contribution in [0, 0.1) is 11.3 Å². The number of rotatable bonds is 6. The van der Waals surface area contributed by atoms with Gasteiger partial charge in [0.25, 0.3) is 0 Å². The van der Waals surface area contributed by atoms with Gasteiger partial charge in [-0.2, -0.15) is 5.26 Å². The van der Waals surface area contributed by atoms with E-state index in [0.717, 1.165) is 20.7 Å². The van der Waals surface area contributed by atoms with E-state index in [1.54, 1.807) is 0 Å². The van der Waals surface area contributed by atoms with Crippen LogP contribution in [0.25, 0.3) is 0 Å². The van der Waals surface area contributed by atoms with E-state index in [-0.39, 0.29) is 12.5 Å². The first-order valence-electron chi connectivity index (χ1n) is 6.57. The second-order valence-corrected chi connectivity index (χ2v) is 6.28. The maximum absolute atomic E-state index is 12.0. The first-order valence-corrected chi connectivity index (χ1v) is 8.35. The molecule has 0 aliphatic heterocycles. The quantitative estimate of drug-likeness (QED) is 0.745. The van der Waals surface area contributed by atoms with Crippen molar-refractivity contribution in [2.75, 3.05) is 22.9 Å². The lowest BCUT2D eigenvalue weighted by Crippen LogP contribution is -2.22. The topological polar surface area (TPSA) is 64.9 Å². The van der Waals surface area contributed by atoms with Gasteiger partial charge in [-0.05, 0) is 36.4 Å². The number of nitrogens with one attached hydrogen (secondary N) is 2. The van der Waals surface area contributed by atoms with Gasteiger partial charge >= 0.3 is 0 Å². The molecule has 0 aliphatic rings. The van der Waals surface area contributed by atoms with Crippen molar-refractivity contribution in [2.45, 2.75) is 4.90 Å². The normalized spacial score (nSPS) is 9.82. The molecule has 0 saturated carbocycles. The smallest absolute Gasteiger partial charge is 0.243 e. The molecule has 0 aliphatic carbocycles. The molecule has 2 rings (SSSR count). The fourth-order valence-electron chi connectivity index (χ4n) is 1.75. The van der Waals surface area contributed by atoms with Gasteiger partial charge in [-0.15, -0.1) is 11.8 Å². The molecule has 0 atom stereocenters. The lowest BCUT2D eigenvalue weighted by molar-refractivity contribution is -0.114. The summed E-state index contributed by atoms with van der Waals surface area (Å²) >= 11 is 4.77. The molecule has 0 spiro atoms. The van der Waals surface area contributed by atoms with Crippen LogP contribution in [0.2, 0.25) is 0 Å². The highest BCUT2D eigenvalue weighted by Gasteiger charge is 2.06. The largest absolute Gasteiger partial charge is 0.376 e. The van der Waals surface area contributed by atoms with Crippen molar-refractivity contribution in [1.29, 1.82) is 5.26 Å². The van der Waals surface area contributed by atoms with Crippen LogP contribution in [-0.2, 0) is 4.79 Å². The first-order chi connectivity index (χ1) is 10.7. The van der Waals surface area contributed by atoms with Gasteiger partial charge in [0, 0.05) is 15.1 Å². The minimum absolute atomic E-state index is 0.132. The molecule has 0 radical (unpaired) electrons. The molecule has 0 aromatic heterocycles. The number of thioether (sulfide) groups is 1.